The Balaban J connectivity index is 1.77. The minimum atomic E-state index is -1.04. The van der Waals surface area contributed by atoms with Crippen LogP contribution in [0.5, 0.6) is 0 Å². The fourth-order valence-corrected chi connectivity index (χ4v) is 3.91. The first-order valence-electron chi connectivity index (χ1n) is 7.53. The maximum atomic E-state index is 12.4. The van der Waals surface area contributed by atoms with Gasteiger partial charge in [-0.2, -0.15) is 0 Å². The molecule has 1 saturated carbocycles. The summed E-state index contributed by atoms with van der Waals surface area (Å²) in [5.41, 5.74) is 0. The highest BCUT2D eigenvalue weighted by molar-refractivity contribution is 6.05. The third kappa shape index (κ3) is 2.32. The summed E-state index contributed by atoms with van der Waals surface area (Å²) in [6, 6.07) is -1.17. The smallest absolute Gasteiger partial charge is 0.327 e. The normalized spacial score (nSPS) is 34.3. The van der Waals surface area contributed by atoms with Gasteiger partial charge in [-0.25, -0.2) is 4.79 Å². The Bertz CT molecular complexity index is 516. The van der Waals surface area contributed by atoms with Crippen LogP contribution in [0.4, 0.5) is 4.79 Å². The molecule has 4 atom stereocenters. The molecule has 114 valence electrons. The summed E-state index contributed by atoms with van der Waals surface area (Å²) in [6.45, 7) is 2.52. The first kappa shape index (κ1) is 14.1. The third-order valence-corrected chi connectivity index (χ3v) is 4.94. The summed E-state index contributed by atoms with van der Waals surface area (Å²) in [5, 5.41) is 9.00. The molecule has 0 aromatic rings. The molecule has 6 nitrogen and oxygen atoms in total. The van der Waals surface area contributed by atoms with Crippen molar-refractivity contribution in [2.45, 2.75) is 32.2 Å². The second-order valence-corrected chi connectivity index (χ2v) is 6.17. The minimum Gasteiger partial charge on any atom is -0.481 e. The highest BCUT2D eigenvalue weighted by Crippen LogP contribution is 2.44. The topological polar surface area (TPSA) is 77.9 Å². The number of nitrogens with zero attached hydrogens (tertiary/aromatic N) is 2. The number of carboxylic acid groups (broad SMARTS) is 1. The van der Waals surface area contributed by atoms with Gasteiger partial charge in [0, 0.05) is 13.1 Å². The number of carbonyl (C=O) groups excluding carboxylic acids is 2. The van der Waals surface area contributed by atoms with Crippen LogP contribution < -0.4 is 0 Å². The first-order valence-corrected chi connectivity index (χ1v) is 7.53. The summed E-state index contributed by atoms with van der Waals surface area (Å²) < 4.78 is 0. The lowest BCUT2D eigenvalue weighted by Gasteiger charge is -2.27. The van der Waals surface area contributed by atoms with E-state index in [2.05, 4.69) is 12.2 Å². The van der Waals surface area contributed by atoms with Crippen molar-refractivity contribution in [3.63, 3.8) is 0 Å². The second kappa shape index (κ2) is 5.16. The Morgan fingerprint density at radius 3 is 2.62 bits per heavy atom. The molecule has 0 aromatic heterocycles. The molecule has 2 bridgehead atoms. The third-order valence-electron chi connectivity index (χ3n) is 4.94. The number of imide groups is 1. The molecule has 1 heterocycles. The van der Waals surface area contributed by atoms with E-state index in [9.17, 15) is 14.4 Å². The highest BCUT2D eigenvalue weighted by Gasteiger charge is 2.47. The number of likely N-dealkylation sites (N-methyl/N-ethyl adjacent to an activating group) is 1. The Morgan fingerprint density at radius 2 is 2.10 bits per heavy atom. The van der Waals surface area contributed by atoms with Crippen LogP contribution in [0.2, 0.25) is 0 Å². The van der Waals surface area contributed by atoms with Gasteiger partial charge in [0.1, 0.15) is 6.04 Å². The number of hydrogen-bond acceptors (Lipinski definition) is 3. The van der Waals surface area contributed by atoms with Crippen LogP contribution in [0, 0.1) is 17.8 Å². The molecule has 2 fully saturated rings. The largest absolute Gasteiger partial charge is 0.481 e. The molecule has 2 aliphatic carbocycles. The summed E-state index contributed by atoms with van der Waals surface area (Å²) >= 11 is 0. The van der Waals surface area contributed by atoms with Crippen LogP contribution in [-0.2, 0) is 9.59 Å². The zero-order valence-corrected chi connectivity index (χ0v) is 12.1. The summed E-state index contributed by atoms with van der Waals surface area (Å²) in [4.78, 5) is 38.2. The van der Waals surface area contributed by atoms with Gasteiger partial charge in [-0.1, -0.05) is 12.2 Å². The first-order chi connectivity index (χ1) is 10.0. The highest BCUT2D eigenvalue weighted by atomic mass is 16.4. The van der Waals surface area contributed by atoms with E-state index in [4.69, 9.17) is 5.11 Å². The number of carboxylic acids is 1. The van der Waals surface area contributed by atoms with Crippen molar-refractivity contribution in [1.82, 2.24) is 9.80 Å². The molecule has 3 rings (SSSR count). The monoisotopic (exact) mass is 292 g/mol. The van der Waals surface area contributed by atoms with Gasteiger partial charge in [0.15, 0.2) is 0 Å². The molecule has 21 heavy (non-hydrogen) atoms. The van der Waals surface area contributed by atoms with E-state index >= 15 is 0 Å². The fourth-order valence-electron chi connectivity index (χ4n) is 3.91. The van der Waals surface area contributed by atoms with Crippen molar-refractivity contribution < 1.29 is 19.5 Å². The molecule has 0 spiro atoms. The van der Waals surface area contributed by atoms with E-state index < -0.39 is 12.0 Å². The van der Waals surface area contributed by atoms with Gasteiger partial charge in [0.05, 0.1) is 6.42 Å². The molecule has 3 amide bonds. The zero-order valence-electron chi connectivity index (χ0n) is 12.1. The average Bonchev–Trinajstić information content (AvgIpc) is 3.09. The van der Waals surface area contributed by atoms with Gasteiger partial charge in [-0.05, 0) is 37.5 Å². The number of aliphatic carboxylic acids is 1. The van der Waals surface area contributed by atoms with Crippen molar-refractivity contribution in [2.75, 3.05) is 13.1 Å². The van der Waals surface area contributed by atoms with E-state index in [0.29, 0.717) is 30.8 Å². The van der Waals surface area contributed by atoms with Crippen LogP contribution in [0.15, 0.2) is 12.2 Å². The molecule has 1 saturated heterocycles. The maximum Gasteiger partial charge on any atom is 0.327 e. The lowest BCUT2D eigenvalue weighted by atomic mass is 9.92. The van der Waals surface area contributed by atoms with E-state index in [1.54, 1.807) is 6.92 Å². The number of fused-ring (bicyclic) bond motifs is 2. The molecule has 0 radical (unpaired) electrons. The van der Waals surface area contributed by atoms with Crippen LogP contribution >= 0.6 is 0 Å². The van der Waals surface area contributed by atoms with Crippen LogP contribution in [0.3, 0.4) is 0 Å². The van der Waals surface area contributed by atoms with Gasteiger partial charge in [-0.15, -0.1) is 0 Å². The Labute approximate surface area is 123 Å². The Morgan fingerprint density at radius 1 is 1.33 bits per heavy atom. The van der Waals surface area contributed by atoms with Gasteiger partial charge in [0.25, 0.3) is 5.91 Å². The van der Waals surface area contributed by atoms with Gasteiger partial charge in [0.2, 0.25) is 0 Å². The standard InChI is InChI=1S/C15H20N2O4/c1-2-16-14(20)12(7-13(18)19)17(15(16)21)8-11-6-9-3-4-10(11)5-9/h3-4,9-12H,2,5-8H2,1H3,(H,18,19)/t9?,10?,11?,12-/m0/s1. The zero-order chi connectivity index (χ0) is 15.1. The Hall–Kier alpha value is -1.85. The number of rotatable bonds is 5. The molecular formula is C15H20N2O4. The predicted molar refractivity (Wildman–Crippen MR) is 74.4 cm³/mol. The average molecular weight is 292 g/mol. The van der Waals surface area contributed by atoms with Crippen molar-refractivity contribution in [3.8, 4) is 0 Å². The maximum absolute atomic E-state index is 12.4. The molecule has 6 heteroatoms. The second-order valence-electron chi connectivity index (χ2n) is 6.17. The number of amides is 3. The van der Waals surface area contributed by atoms with Crippen molar-refractivity contribution in [3.05, 3.63) is 12.2 Å². The summed E-state index contributed by atoms with van der Waals surface area (Å²) in [5.74, 6) is -0.00180. The van der Waals surface area contributed by atoms with Gasteiger partial charge >= 0.3 is 12.0 Å². The molecule has 1 aliphatic heterocycles. The number of allylic oxidation sites excluding steroid dienone is 2. The van der Waals surface area contributed by atoms with E-state index in [1.807, 2.05) is 0 Å². The van der Waals surface area contributed by atoms with E-state index in [0.717, 1.165) is 17.7 Å². The summed E-state index contributed by atoms with van der Waals surface area (Å²) in [7, 11) is 0. The fraction of sp³-hybridized carbons (Fsp3) is 0.667. The minimum absolute atomic E-state index is 0.293. The molecule has 0 aromatic carbocycles. The predicted octanol–water partition coefficient (Wildman–Crippen LogP) is 1.33. The molecule has 3 unspecified atom stereocenters. The Kier molecular flexibility index (Phi) is 3.47. The number of hydrogen-bond donors (Lipinski definition) is 1. The van der Waals surface area contributed by atoms with Crippen molar-refractivity contribution >= 4 is 17.9 Å². The molecule has 1 N–H and O–H groups in total. The summed E-state index contributed by atoms with van der Waals surface area (Å²) in [6.07, 6.45) is 6.28. The van der Waals surface area contributed by atoms with Crippen LogP contribution in [-0.4, -0.2) is 51.9 Å². The number of carbonyl (C=O) groups is 3. The lowest BCUT2D eigenvalue weighted by Crippen LogP contribution is -2.40. The van der Waals surface area contributed by atoms with Crippen molar-refractivity contribution in [2.24, 2.45) is 17.8 Å². The van der Waals surface area contributed by atoms with Gasteiger partial charge in [-0.3, -0.25) is 14.5 Å². The lowest BCUT2D eigenvalue weighted by molar-refractivity contribution is -0.141. The molecule has 3 aliphatic rings. The SMILES string of the molecule is CCN1C(=O)[C@H](CC(=O)O)N(CC2CC3C=CC2C3)C1=O. The molecular weight excluding hydrogens is 272 g/mol. The van der Waals surface area contributed by atoms with E-state index in [-0.39, 0.29) is 18.4 Å². The van der Waals surface area contributed by atoms with E-state index in [1.165, 1.54) is 4.90 Å². The van der Waals surface area contributed by atoms with Crippen molar-refractivity contribution in [1.29, 1.82) is 0 Å². The van der Waals surface area contributed by atoms with Crippen LogP contribution in [0.1, 0.15) is 26.2 Å². The van der Waals surface area contributed by atoms with Gasteiger partial charge < -0.3 is 10.0 Å². The van der Waals surface area contributed by atoms with Crippen LogP contribution in [0.25, 0.3) is 0 Å². The quantitative estimate of drug-likeness (QED) is 0.612. The number of urea groups is 1.